The number of nitrogens with two attached hydrogens (primary N) is 1. The van der Waals surface area contributed by atoms with Gasteiger partial charge in [0.1, 0.15) is 11.5 Å². The number of furan rings is 1. The summed E-state index contributed by atoms with van der Waals surface area (Å²) < 4.78 is 5.51. The van der Waals surface area contributed by atoms with E-state index in [0.29, 0.717) is 22.1 Å². The van der Waals surface area contributed by atoms with Crippen LogP contribution >= 0.6 is 23.8 Å². The third-order valence-corrected chi connectivity index (χ3v) is 3.00. The van der Waals surface area contributed by atoms with E-state index in [0.717, 1.165) is 0 Å². The van der Waals surface area contributed by atoms with Crippen LogP contribution in [-0.4, -0.2) is 22.4 Å². The fourth-order valence-corrected chi connectivity index (χ4v) is 1.86. The monoisotopic (exact) mass is 323 g/mol. The quantitative estimate of drug-likeness (QED) is 0.347. The molecule has 0 amide bonds. The minimum Gasteiger partial charge on any atom is -0.478 e. The van der Waals surface area contributed by atoms with Crippen LogP contribution < -0.4 is 11.3 Å². The molecule has 0 spiro atoms. The largest absolute Gasteiger partial charge is 0.478 e. The molecule has 0 radical (unpaired) electrons. The first kappa shape index (κ1) is 15.2. The molecule has 0 aliphatic carbocycles. The number of aromatic carboxylic acids is 1. The van der Waals surface area contributed by atoms with Crippen molar-refractivity contribution < 1.29 is 14.3 Å². The van der Waals surface area contributed by atoms with Gasteiger partial charge < -0.3 is 9.52 Å². The number of nitrogens with one attached hydrogen (secondary N) is 1. The highest BCUT2D eigenvalue weighted by Gasteiger charge is 2.15. The van der Waals surface area contributed by atoms with Crippen LogP contribution in [0, 0.1) is 0 Å². The molecule has 0 atom stereocenters. The third kappa shape index (κ3) is 3.66. The summed E-state index contributed by atoms with van der Waals surface area (Å²) in [6.45, 7) is 0. The summed E-state index contributed by atoms with van der Waals surface area (Å²) >= 11 is 10.6. The SMILES string of the molecule is NNC(=S)/N=C/c1ccc(-c2ccc(Cl)cc2C(=O)O)o1. The van der Waals surface area contributed by atoms with Gasteiger partial charge in [0.25, 0.3) is 0 Å². The number of carbonyl (C=O) groups is 1. The molecule has 8 heteroatoms. The summed E-state index contributed by atoms with van der Waals surface area (Å²) in [5.41, 5.74) is 2.68. The molecule has 1 heterocycles. The molecule has 0 saturated heterocycles. The second-order valence-corrected chi connectivity index (χ2v) is 4.73. The lowest BCUT2D eigenvalue weighted by Crippen LogP contribution is -2.26. The smallest absolute Gasteiger partial charge is 0.336 e. The van der Waals surface area contributed by atoms with Gasteiger partial charge in [-0.15, -0.1) is 0 Å². The average molecular weight is 324 g/mol. The van der Waals surface area contributed by atoms with Gasteiger partial charge in [-0.05, 0) is 42.5 Å². The van der Waals surface area contributed by atoms with Gasteiger partial charge >= 0.3 is 5.97 Å². The van der Waals surface area contributed by atoms with Crippen LogP contribution in [0.2, 0.25) is 5.02 Å². The molecule has 2 rings (SSSR count). The van der Waals surface area contributed by atoms with Crippen molar-refractivity contribution in [1.82, 2.24) is 5.43 Å². The summed E-state index contributed by atoms with van der Waals surface area (Å²) in [4.78, 5) is 15.1. The number of hydrazine groups is 1. The van der Waals surface area contributed by atoms with Crippen molar-refractivity contribution in [2.75, 3.05) is 0 Å². The number of rotatable bonds is 3. The van der Waals surface area contributed by atoms with Gasteiger partial charge in [-0.25, -0.2) is 15.6 Å². The Balaban J connectivity index is 2.36. The maximum atomic E-state index is 11.2. The topological polar surface area (TPSA) is 101 Å². The standard InChI is InChI=1S/C13H10ClN3O3S/c14-7-1-3-9(10(5-7)12(18)19)11-4-2-8(20-11)6-16-13(21)17-15/h1-6H,15H2,(H,17,21)(H,18,19)/b16-6+. The number of thiocarbonyl (C=S) groups is 1. The number of hydrogen-bond acceptors (Lipinski definition) is 4. The van der Waals surface area contributed by atoms with Crippen molar-refractivity contribution in [3.8, 4) is 11.3 Å². The average Bonchev–Trinajstić information content (AvgIpc) is 2.93. The highest BCUT2D eigenvalue weighted by Crippen LogP contribution is 2.28. The van der Waals surface area contributed by atoms with E-state index in [-0.39, 0.29) is 10.7 Å². The van der Waals surface area contributed by atoms with Gasteiger partial charge in [-0.1, -0.05) is 11.6 Å². The van der Waals surface area contributed by atoms with Crippen molar-refractivity contribution in [1.29, 1.82) is 0 Å². The Morgan fingerprint density at radius 2 is 2.19 bits per heavy atom. The molecule has 0 unspecified atom stereocenters. The summed E-state index contributed by atoms with van der Waals surface area (Å²) in [6, 6.07) is 7.81. The lowest BCUT2D eigenvalue weighted by Gasteiger charge is -2.03. The second kappa shape index (κ2) is 6.49. The first-order valence-corrected chi connectivity index (χ1v) is 6.47. The first-order chi connectivity index (χ1) is 10.0. The van der Waals surface area contributed by atoms with Gasteiger partial charge in [-0.3, -0.25) is 5.43 Å². The van der Waals surface area contributed by atoms with Crippen molar-refractivity contribution >= 4 is 41.1 Å². The zero-order valence-electron chi connectivity index (χ0n) is 10.5. The minimum atomic E-state index is -1.09. The summed E-state index contributed by atoms with van der Waals surface area (Å²) in [5.74, 6) is 4.79. The van der Waals surface area contributed by atoms with Crippen LogP contribution in [0.15, 0.2) is 39.7 Å². The number of benzene rings is 1. The maximum absolute atomic E-state index is 11.2. The molecule has 6 nitrogen and oxygen atoms in total. The lowest BCUT2D eigenvalue weighted by molar-refractivity contribution is 0.0697. The van der Waals surface area contributed by atoms with Crippen molar-refractivity contribution in [2.45, 2.75) is 0 Å². The van der Waals surface area contributed by atoms with Crippen LogP contribution in [-0.2, 0) is 0 Å². The van der Waals surface area contributed by atoms with E-state index in [4.69, 9.17) is 34.1 Å². The molecule has 0 bridgehead atoms. The number of halogens is 1. The van der Waals surface area contributed by atoms with E-state index in [1.807, 2.05) is 0 Å². The Labute approximate surface area is 130 Å². The van der Waals surface area contributed by atoms with Crippen LogP contribution in [0.1, 0.15) is 16.1 Å². The second-order valence-electron chi connectivity index (χ2n) is 3.90. The third-order valence-electron chi connectivity index (χ3n) is 2.54. The van der Waals surface area contributed by atoms with Gasteiger partial charge in [-0.2, -0.15) is 0 Å². The number of carboxylic acids is 1. The predicted molar refractivity (Wildman–Crippen MR) is 83.6 cm³/mol. The van der Waals surface area contributed by atoms with Crippen molar-refractivity contribution in [3.05, 3.63) is 46.7 Å². The Morgan fingerprint density at radius 3 is 2.86 bits per heavy atom. The van der Waals surface area contributed by atoms with Crippen LogP contribution in [0.4, 0.5) is 0 Å². The van der Waals surface area contributed by atoms with E-state index in [2.05, 4.69) is 10.4 Å². The predicted octanol–water partition coefficient (Wildman–Crippen LogP) is 2.47. The fourth-order valence-electron chi connectivity index (χ4n) is 1.63. The van der Waals surface area contributed by atoms with Crippen molar-refractivity contribution in [3.63, 3.8) is 0 Å². The van der Waals surface area contributed by atoms with Crippen LogP contribution in [0.3, 0.4) is 0 Å². The van der Waals surface area contributed by atoms with Crippen LogP contribution in [0.25, 0.3) is 11.3 Å². The zero-order chi connectivity index (χ0) is 15.4. The van der Waals surface area contributed by atoms with E-state index in [1.54, 1.807) is 24.3 Å². The molecule has 21 heavy (non-hydrogen) atoms. The molecule has 108 valence electrons. The fraction of sp³-hybridized carbons (Fsp3) is 0. The Kier molecular flexibility index (Phi) is 4.69. The Bertz CT molecular complexity index is 727. The molecule has 1 aromatic heterocycles. The highest BCUT2D eigenvalue weighted by molar-refractivity contribution is 7.80. The van der Waals surface area contributed by atoms with E-state index < -0.39 is 5.97 Å². The van der Waals surface area contributed by atoms with E-state index in [9.17, 15) is 9.90 Å². The molecular weight excluding hydrogens is 314 g/mol. The van der Waals surface area contributed by atoms with Crippen LogP contribution in [0.5, 0.6) is 0 Å². The first-order valence-electron chi connectivity index (χ1n) is 5.69. The number of carboxylic acid groups (broad SMARTS) is 1. The summed E-state index contributed by atoms with van der Waals surface area (Å²) in [7, 11) is 0. The number of hydrogen-bond donors (Lipinski definition) is 3. The molecule has 0 aliphatic heterocycles. The van der Waals surface area contributed by atoms with E-state index >= 15 is 0 Å². The van der Waals surface area contributed by atoms with Gasteiger partial charge in [0.05, 0.1) is 11.8 Å². The molecule has 0 aliphatic rings. The van der Waals surface area contributed by atoms with E-state index in [1.165, 1.54) is 12.3 Å². The van der Waals surface area contributed by atoms with Gasteiger partial charge in [0, 0.05) is 10.6 Å². The maximum Gasteiger partial charge on any atom is 0.336 e. The molecule has 1 aromatic carbocycles. The molecular formula is C13H10ClN3O3S. The molecule has 4 N–H and O–H groups in total. The van der Waals surface area contributed by atoms with Gasteiger partial charge in [0.2, 0.25) is 5.11 Å². The molecule has 2 aromatic rings. The minimum absolute atomic E-state index is 0.0551. The van der Waals surface area contributed by atoms with Gasteiger partial charge in [0.15, 0.2) is 0 Å². The summed E-state index contributed by atoms with van der Waals surface area (Å²) in [5, 5.41) is 9.64. The Hall–Kier alpha value is -2.22. The Morgan fingerprint density at radius 1 is 1.43 bits per heavy atom. The molecule has 0 saturated carbocycles. The number of aliphatic imine (C=N–C) groups is 1. The number of nitrogens with zero attached hydrogens (tertiary/aromatic N) is 1. The zero-order valence-corrected chi connectivity index (χ0v) is 12.1. The van der Waals surface area contributed by atoms with Crippen molar-refractivity contribution in [2.24, 2.45) is 10.8 Å². The lowest BCUT2D eigenvalue weighted by atomic mass is 10.1. The summed E-state index contributed by atoms with van der Waals surface area (Å²) in [6.07, 6.45) is 1.38. The molecule has 0 fully saturated rings. The normalized spacial score (nSPS) is 10.8. The highest BCUT2D eigenvalue weighted by atomic mass is 35.5.